The summed E-state index contributed by atoms with van der Waals surface area (Å²) in [5.74, 6) is -1.41. The Morgan fingerprint density at radius 2 is 1.82 bits per heavy atom. The van der Waals surface area contributed by atoms with Gasteiger partial charge in [-0.15, -0.1) is 0 Å². The number of hydrogen-bond donors (Lipinski definition) is 1. The molecule has 3 amide bonds. The molecule has 0 unspecified atom stereocenters. The number of carbonyl (C=O) groups excluding carboxylic acids is 3. The summed E-state index contributed by atoms with van der Waals surface area (Å²) in [6.45, 7) is 6.56. The molecule has 2 aliphatic rings. The van der Waals surface area contributed by atoms with Gasteiger partial charge < -0.3 is 19.9 Å². The van der Waals surface area contributed by atoms with E-state index in [-0.39, 0.29) is 18.6 Å². The van der Waals surface area contributed by atoms with Crippen LogP contribution >= 0.6 is 0 Å². The van der Waals surface area contributed by atoms with Crippen LogP contribution in [0, 0.1) is 0 Å². The van der Waals surface area contributed by atoms with E-state index in [4.69, 9.17) is 4.74 Å². The number of benzene rings is 1. The molecule has 1 N–H and O–H groups in total. The number of rotatable bonds is 7. The Morgan fingerprint density at radius 1 is 1.11 bits per heavy atom. The second-order valence-electron chi connectivity index (χ2n) is 7.13. The lowest BCUT2D eigenvalue weighted by Gasteiger charge is -2.34. The molecule has 2 heterocycles. The molecule has 28 heavy (non-hydrogen) atoms. The minimum Gasteiger partial charge on any atom is -0.374 e. The van der Waals surface area contributed by atoms with Gasteiger partial charge in [0.2, 0.25) is 5.91 Å². The van der Waals surface area contributed by atoms with Gasteiger partial charge in [-0.2, -0.15) is 0 Å². The summed E-state index contributed by atoms with van der Waals surface area (Å²) in [7, 11) is 0. The second kappa shape index (κ2) is 9.66. The van der Waals surface area contributed by atoms with Gasteiger partial charge in [-0.05, 0) is 12.5 Å². The Kier molecular flexibility index (Phi) is 7.00. The molecule has 8 heteroatoms. The second-order valence-corrected chi connectivity index (χ2v) is 7.13. The number of likely N-dealkylation sites (N-methyl/N-ethyl adjacent to an activating group) is 1. The lowest BCUT2D eigenvalue weighted by molar-refractivity contribution is -0.156. The quantitative estimate of drug-likeness (QED) is 0.649. The van der Waals surface area contributed by atoms with E-state index in [9.17, 15) is 14.4 Å². The molecule has 3 rings (SSSR count). The Morgan fingerprint density at radius 3 is 2.57 bits per heavy atom. The fourth-order valence-corrected chi connectivity index (χ4v) is 3.51. The highest BCUT2D eigenvalue weighted by Crippen LogP contribution is 2.10. The summed E-state index contributed by atoms with van der Waals surface area (Å²) >= 11 is 0. The predicted octanol–water partition coefficient (Wildman–Crippen LogP) is -0.306. The largest absolute Gasteiger partial charge is 0.374 e. The lowest BCUT2D eigenvalue weighted by Crippen LogP contribution is -2.56. The zero-order valence-electron chi connectivity index (χ0n) is 16.3. The highest BCUT2D eigenvalue weighted by atomic mass is 16.5. The molecule has 0 saturated carbocycles. The first-order chi connectivity index (χ1) is 13.6. The molecular formula is C20H28N4O4. The summed E-state index contributed by atoms with van der Waals surface area (Å²) in [6, 6.07) is 10.3. The van der Waals surface area contributed by atoms with Gasteiger partial charge in [0.15, 0.2) is 0 Å². The zero-order valence-corrected chi connectivity index (χ0v) is 16.3. The first-order valence-electron chi connectivity index (χ1n) is 9.79. The molecule has 0 bridgehead atoms. The topological polar surface area (TPSA) is 82.2 Å². The van der Waals surface area contributed by atoms with Crippen LogP contribution in [0.25, 0.3) is 0 Å². The third-order valence-corrected chi connectivity index (χ3v) is 5.11. The maximum Gasteiger partial charge on any atom is 0.312 e. The number of ether oxygens (including phenoxy) is 1. The molecule has 0 radical (unpaired) electrons. The highest BCUT2D eigenvalue weighted by molar-refractivity contribution is 6.35. The molecular weight excluding hydrogens is 360 g/mol. The van der Waals surface area contributed by atoms with Gasteiger partial charge in [-0.3, -0.25) is 19.3 Å². The third kappa shape index (κ3) is 5.30. The summed E-state index contributed by atoms with van der Waals surface area (Å²) in [6.07, 6.45) is -0.0873. The number of piperazine rings is 1. The standard InChI is InChI=1S/C20H28N4O4/c1-2-23-8-9-24(20(27)19(23)26)15-18(25)21-12-17-14-22(10-11-28-17)13-16-6-4-3-5-7-16/h3-7,17H,2,8-15H2,1H3,(H,21,25)/t17-/m1/s1. The van der Waals surface area contributed by atoms with Crippen LogP contribution in [0.5, 0.6) is 0 Å². The summed E-state index contributed by atoms with van der Waals surface area (Å²) < 4.78 is 5.76. The van der Waals surface area contributed by atoms with Crippen molar-refractivity contribution in [1.29, 1.82) is 0 Å². The zero-order chi connectivity index (χ0) is 19.9. The highest BCUT2D eigenvalue weighted by Gasteiger charge is 2.32. The number of amides is 3. The van der Waals surface area contributed by atoms with Crippen molar-refractivity contribution in [2.45, 2.75) is 19.6 Å². The third-order valence-electron chi connectivity index (χ3n) is 5.11. The van der Waals surface area contributed by atoms with Crippen molar-refractivity contribution in [1.82, 2.24) is 20.0 Å². The molecule has 0 aliphatic carbocycles. The Balaban J connectivity index is 1.41. The molecule has 2 fully saturated rings. The van der Waals surface area contributed by atoms with Crippen molar-refractivity contribution in [3.63, 3.8) is 0 Å². The van der Waals surface area contributed by atoms with Gasteiger partial charge in [-0.25, -0.2) is 0 Å². The van der Waals surface area contributed by atoms with Crippen LogP contribution in [0.3, 0.4) is 0 Å². The van der Waals surface area contributed by atoms with Crippen molar-refractivity contribution in [3.8, 4) is 0 Å². The maximum atomic E-state index is 12.2. The van der Waals surface area contributed by atoms with E-state index >= 15 is 0 Å². The Hall–Kier alpha value is -2.45. The van der Waals surface area contributed by atoms with Crippen LogP contribution in [0.1, 0.15) is 12.5 Å². The first kappa shape index (κ1) is 20.3. The maximum absolute atomic E-state index is 12.2. The van der Waals surface area contributed by atoms with E-state index in [1.807, 2.05) is 25.1 Å². The van der Waals surface area contributed by atoms with Gasteiger partial charge in [-0.1, -0.05) is 30.3 Å². The minimum absolute atomic E-state index is 0.0873. The number of morpholine rings is 1. The van der Waals surface area contributed by atoms with Gasteiger partial charge in [0.05, 0.1) is 12.7 Å². The molecule has 2 aliphatic heterocycles. The monoisotopic (exact) mass is 388 g/mol. The van der Waals surface area contributed by atoms with Crippen molar-refractivity contribution < 1.29 is 19.1 Å². The van der Waals surface area contributed by atoms with Crippen molar-refractivity contribution in [2.24, 2.45) is 0 Å². The van der Waals surface area contributed by atoms with Crippen molar-refractivity contribution in [2.75, 3.05) is 52.4 Å². The van der Waals surface area contributed by atoms with Gasteiger partial charge in [0.25, 0.3) is 0 Å². The van der Waals surface area contributed by atoms with E-state index in [1.54, 1.807) is 0 Å². The van der Waals surface area contributed by atoms with Gasteiger partial charge >= 0.3 is 11.8 Å². The first-order valence-corrected chi connectivity index (χ1v) is 9.79. The molecule has 2 saturated heterocycles. The van der Waals surface area contributed by atoms with Crippen molar-refractivity contribution >= 4 is 17.7 Å². The molecule has 1 aromatic rings. The van der Waals surface area contributed by atoms with Crippen LogP contribution in [-0.4, -0.2) is 90.9 Å². The average Bonchev–Trinajstić information content (AvgIpc) is 2.71. The fourth-order valence-electron chi connectivity index (χ4n) is 3.51. The summed E-state index contributed by atoms with van der Waals surface area (Å²) in [5.41, 5.74) is 1.25. The molecule has 152 valence electrons. The Labute approximate surface area is 165 Å². The molecule has 1 atom stereocenters. The summed E-state index contributed by atoms with van der Waals surface area (Å²) in [4.78, 5) is 41.3. The lowest BCUT2D eigenvalue weighted by atomic mass is 10.2. The van der Waals surface area contributed by atoms with Gasteiger partial charge in [0.1, 0.15) is 6.54 Å². The van der Waals surface area contributed by atoms with Gasteiger partial charge in [0, 0.05) is 45.8 Å². The molecule has 1 aromatic carbocycles. The van der Waals surface area contributed by atoms with Crippen LogP contribution in [-0.2, 0) is 25.7 Å². The van der Waals surface area contributed by atoms with E-state index in [2.05, 4.69) is 22.3 Å². The van der Waals surface area contributed by atoms with E-state index in [0.717, 1.165) is 19.6 Å². The minimum atomic E-state index is -0.605. The van der Waals surface area contributed by atoms with E-state index < -0.39 is 11.8 Å². The normalized spacial score (nSPS) is 21.1. The SMILES string of the molecule is CCN1CCN(CC(=O)NC[C@@H]2CN(Cc3ccccc3)CCO2)C(=O)C1=O. The number of hydrogen-bond acceptors (Lipinski definition) is 5. The molecule has 0 spiro atoms. The Bertz CT molecular complexity index is 697. The molecule has 0 aromatic heterocycles. The van der Waals surface area contributed by atoms with Crippen LogP contribution in [0.4, 0.5) is 0 Å². The average molecular weight is 388 g/mol. The number of carbonyl (C=O) groups is 3. The van der Waals surface area contributed by atoms with Crippen LogP contribution in [0.15, 0.2) is 30.3 Å². The fraction of sp³-hybridized carbons (Fsp3) is 0.550. The van der Waals surface area contributed by atoms with E-state index in [0.29, 0.717) is 32.8 Å². The number of nitrogens with zero attached hydrogens (tertiary/aromatic N) is 3. The van der Waals surface area contributed by atoms with E-state index in [1.165, 1.54) is 15.4 Å². The summed E-state index contributed by atoms with van der Waals surface area (Å²) in [5, 5.41) is 2.84. The van der Waals surface area contributed by atoms with Crippen molar-refractivity contribution in [3.05, 3.63) is 35.9 Å². The predicted molar refractivity (Wildman–Crippen MR) is 103 cm³/mol. The number of nitrogens with one attached hydrogen (secondary N) is 1. The smallest absolute Gasteiger partial charge is 0.312 e. The van der Waals surface area contributed by atoms with Crippen LogP contribution < -0.4 is 5.32 Å². The molecule has 8 nitrogen and oxygen atoms in total. The van der Waals surface area contributed by atoms with Crippen LogP contribution in [0.2, 0.25) is 0 Å².